The van der Waals surface area contributed by atoms with Crippen LogP contribution in [0.2, 0.25) is 0 Å². The Hall–Kier alpha value is -3.74. The van der Waals surface area contributed by atoms with Crippen molar-refractivity contribution < 1.29 is 13.9 Å². The van der Waals surface area contributed by atoms with Crippen LogP contribution >= 0.6 is 11.3 Å². The number of amidine groups is 1. The number of nitrogen functional groups attached to an aromatic ring is 1. The number of nitrogens with one attached hydrogen (secondary N) is 1. The third-order valence-electron chi connectivity index (χ3n) is 10.8. The monoisotopic (exact) mass is 790 g/mol. The molecule has 0 amide bonds. The van der Waals surface area contributed by atoms with Gasteiger partial charge in [0.1, 0.15) is 34.6 Å². The molecule has 5 rings (SSSR count). The third kappa shape index (κ3) is 11.2. The number of fused-ring (bicyclic) bond motifs is 2. The van der Waals surface area contributed by atoms with Crippen molar-refractivity contribution in [2.24, 2.45) is 10.9 Å². The summed E-state index contributed by atoms with van der Waals surface area (Å²) in [6, 6.07) is 5.36. The van der Waals surface area contributed by atoms with Crippen molar-refractivity contribution in [2.75, 3.05) is 12.3 Å². The van der Waals surface area contributed by atoms with Gasteiger partial charge in [0.05, 0.1) is 23.5 Å². The standard InChI is InChI=1S/C37H46FN5O2S.2C4H10.C2H6/c1-8-11-30(23(7)44)41-37(42-31(12-9-2)43-16-15-20(4)22(43)6)32-21(5)24(10-3)33(28-19-45-18-27(28)32)25-13-14-29(38)35-34(25)26(17-39)36(40)46-35;2*1-3-4-2;1-2/h12-14,20,22,30H,8-11,15-16,18-19,40H2,1-7H3,(H,41,42);2*3-4H2,1-2H3;1-2H3/b31-12-;;;. The minimum Gasteiger partial charge on any atom is -0.389 e. The molecule has 1 aromatic heterocycles. The number of allylic oxidation sites excluding steroid dienone is 1. The number of halogens is 1. The number of hydrogen-bond acceptors (Lipinski definition) is 7. The Bertz CT molecular complexity index is 1830. The molecular weight excluding hydrogens is 718 g/mol. The minimum absolute atomic E-state index is 0.0380. The molecule has 3 atom stereocenters. The van der Waals surface area contributed by atoms with E-state index in [1.807, 2.05) is 13.8 Å². The Labute approximate surface area is 343 Å². The summed E-state index contributed by atoms with van der Waals surface area (Å²) in [5.74, 6) is 1.91. The summed E-state index contributed by atoms with van der Waals surface area (Å²) in [5, 5.41) is 14.7. The van der Waals surface area contributed by atoms with Crippen LogP contribution in [0.5, 0.6) is 0 Å². The van der Waals surface area contributed by atoms with Crippen LogP contribution in [0, 0.1) is 30.0 Å². The number of aliphatic imine (C=N–C) groups is 1. The number of ether oxygens (including phenoxy) is 1. The predicted molar refractivity (Wildman–Crippen MR) is 239 cm³/mol. The normalized spacial score (nSPS) is 16.8. The molecule has 1 fully saturated rings. The number of likely N-dealkylation sites (tertiary alicyclic amines) is 1. The first-order valence-corrected chi connectivity index (χ1v) is 22.2. The molecular formula is C47H72FN5O2S. The molecule has 7 nitrogen and oxygen atoms in total. The van der Waals surface area contributed by atoms with Gasteiger partial charge in [-0.05, 0) is 97.9 Å². The number of anilines is 1. The number of rotatable bonds is 12. The summed E-state index contributed by atoms with van der Waals surface area (Å²) in [5.41, 5.74) is 13.4. The highest BCUT2D eigenvalue weighted by Gasteiger charge is 2.33. The molecule has 3 heterocycles. The number of carbonyl (C=O) groups is 1. The van der Waals surface area contributed by atoms with E-state index in [4.69, 9.17) is 15.5 Å². The van der Waals surface area contributed by atoms with Crippen molar-refractivity contribution in [3.05, 3.63) is 63.2 Å². The van der Waals surface area contributed by atoms with E-state index in [0.29, 0.717) is 64.5 Å². The van der Waals surface area contributed by atoms with Gasteiger partial charge < -0.3 is 20.7 Å². The van der Waals surface area contributed by atoms with Crippen LogP contribution in [-0.2, 0) is 29.2 Å². The third-order valence-corrected chi connectivity index (χ3v) is 11.8. The highest BCUT2D eigenvalue weighted by atomic mass is 32.1. The molecule has 2 aromatic carbocycles. The number of benzene rings is 2. The van der Waals surface area contributed by atoms with Crippen LogP contribution in [0.4, 0.5) is 9.39 Å². The zero-order valence-corrected chi connectivity index (χ0v) is 37.8. The molecule has 0 radical (unpaired) electrons. The van der Waals surface area contributed by atoms with E-state index in [2.05, 4.69) is 91.6 Å². The highest BCUT2D eigenvalue weighted by Crippen LogP contribution is 2.46. The SMILES string of the molecule is CC.CC/C=C(/NC(=NC(CCC)C(C)=O)c1c(C)c(CC)c(-c2ccc(F)c3sc(N)c(C#N)c23)c2c1COC2)N1CCC(C)C1C.CCCC.CCCC. The summed E-state index contributed by atoms with van der Waals surface area (Å²) in [6.45, 7) is 29.0. The highest BCUT2D eigenvalue weighted by molar-refractivity contribution is 7.23. The Balaban J connectivity index is 0.000000975. The van der Waals surface area contributed by atoms with E-state index >= 15 is 4.39 Å². The molecule has 310 valence electrons. The maximum Gasteiger partial charge on any atom is 0.154 e. The molecule has 0 bridgehead atoms. The van der Waals surface area contributed by atoms with Crippen molar-refractivity contribution in [2.45, 2.75) is 173 Å². The van der Waals surface area contributed by atoms with E-state index in [0.717, 1.165) is 81.9 Å². The Morgan fingerprint density at radius 3 is 2.20 bits per heavy atom. The van der Waals surface area contributed by atoms with E-state index in [1.165, 1.54) is 31.7 Å². The lowest BCUT2D eigenvalue weighted by Crippen LogP contribution is -2.40. The number of Topliss-reactive ketones (excluding diaryl/α,β-unsaturated/α-hetero) is 1. The topological polar surface area (TPSA) is 104 Å². The van der Waals surface area contributed by atoms with Crippen LogP contribution < -0.4 is 11.1 Å². The number of nitrogens with zero attached hydrogens (tertiary/aromatic N) is 3. The molecule has 3 aromatic rings. The summed E-state index contributed by atoms with van der Waals surface area (Å²) in [7, 11) is 0. The lowest BCUT2D eigenvalue weighted by Gasteiger charge is -2.31. The van der Waals surface area contributed by atoms with Gasteiger partial charge in [-0.25, -0.2) is 4.39 Å². The first-order chi connectivity index (χ1) is 26.9. The molecule has 3 unspecified atom stereocenters. The van der Waals surface area contributed by atoms with Gasteiger partial charge in [0.15, 0.2) is 5.78 Å². The number of thiophene rings is 1. The van der Waals surface area contributed by atoms with Crippen LogP contribution in [0.25, 0.3) is 21.2 Å². The van der Waals surface area contributed by atoms with Crippen molar-refractivity contribution in [1.29, 1.82) is 5.26 Å². The fourth-order valence-corrected chi connectivity index (χ4v) is 8.10. The number of hydrogen-bond donors (Lipinski definition) is 2. The first kappa shape index (κ1) is 48.4. The number of nitriles is 1. The van der Waals surface area contributed by atoms with Crippen molar-refractivity contribution in [3.8, 4) is 17.2 Å². The largest absolute Gasteiger partial charge is 0.389 e. The number of unbranched alkanes of at least 4 members (excludes halogenated alkanes) is 2. The lowest BCUT2D eigenvalue weighted by molar-refractivity contribution is -0.118. The second-order valence-corrected chi connectivity index (χ2v) is 15.7. The quantitative estimate of drug-likeness (QED) is 0.140. The van der Waals surface area contributed by atoms with Crippen LogP contribution in [0.15, 0.2) is 29.0 Å². The Kier molecular flexibility index (Phi) is 20.9. The zero-order chi connectivity index (χ0) is 42.1. The van der Waals surface area contributed by atoms with Gasteiger partial charge in [0.2, 0.25) is 0 Å². The summed E-state index contributed by atoms with van der Waals surface area (Å²) in [6.07, 6.45) is 11.6. The predicted octanol–water partition coefficient (Wildman–Crippen LogP) is 12.8. The second kappa shape index (κ2) is 24.1. The smallest absolute Gasteiger partial charge is 0.154 e. The molecule has 56 heavy (non-hydrogen) atoms. The van der Waals surface area contributed by atoms with E-state index in [-0.39, 0.29) is 11.6 Å². The fraction of sp³-hybridized carbons (Fsp3) is 0.596. The number of nitrogens with two attached hydrogens (primary N) is 1. The molecule has 2 aliphatic rings. The molecule has 1 saturated heterocycles. The van der Waals surface area contributed by atoms with Gasteiger partial charge in [0.25, 0.3) is 0 Å². The van der Waals surface area contributed by atoms with Crippen molar-refractivity contribution in [3.63, 3.8) is 0 Å². The van der Waals surface area contributed by atoms with Crippen LogP contribution in [-0.4, -0.2) is 35.1 Å². The summed E-state index contributed by atoms with van der Waals surface area (Å²) >= 11 is 1.11. The average molecular weight is 790 g/mol. The fourth-order valence-electron chi connectivity index (χ4n) is 7.16. The van der Waals surface area contributed by atoms with E-state index < -0.39 is 6.04 Å². The van der Waals surface area contributed by atoms with Crippen molar-refractivity contribution in [1.82, 2.24) is 10.2 Å². The van der Waals surface area contributed by atoms with Gasteiger partial charge in [-0.15, -0.1) is 11.3 Å². The molecule has 0 spiro atoms. The maximum atomic E-state index is 15.1. The minimum atomic E-state index is -0.476. The lowest BCUT2D eigenvalue weighted by atomic mass is 9.82. The van der Waals surface area contributed by atoms with E-state index in [9.17, 15) is 10.1 Å². The molecule has 0 aliphatic carbocycles. The van der Waals surface area contributed by atoms with Crippen molar-refractivity contribution >= 4 is 38.0 Å². The molecule has 3 N–H and O–H groups in total. The summed E-state index contributed by atoms with van der Waals surface area (Å²) < 4.78 is 21.6. The van der Waals surface area contributed by atoms with Gasteiger partial charge in [0, 0.05) is 23.5 Å². The average Bonchev–Trinajstić information content (AvgIpc) is 3.91. The van der Waals surface area contributed by atoms with Gasteiger partial charge in [-0.1, -0.05) is 107 Å². The Morgan fingerprint density at radius 1 is 1.07 bits per heavy atom. The molecule has 0 saturated carbocycles. The molecule has 2 aliphatic heterocycles. The van der Waals surface area contributed by atoms with Gasteiger partial charge in [-0.3, -0.25) is 9.79 Å². The van der Waals surface area contributed by atoms with E-state index in [1.54, 1.807) is 13.0 Å². The summed E-state index contributed by atoms with van der Waals surface area (Å²) in [4.78, 5) is 20.5. The number of carbonyl (C=O) groups excluding carboxylic acids is 1. The van der Waals surface area contributed by atoms with Gasteiger partial charge >= 0.3 is 0 Å². The Morgan fingerprint density at radius 2 is 1.70 bits per heavy atom. The zero-order valence-electron chi connectivity index (χ0n) is 37.0. The molecule has 9 heteroatoms. The maximum absolute atomic E-state index is 15.1. The van der Waals surface area contributed by atoms with Crippen LogP contribution in [0.1, 0.15) is 168 Å². The first-order valence-electron chi connectivity index (χ1n) is 21.4. The number of ketones is 1. The second-order valence-electron chi connectivity index (χ2n) is 14.6. The van der Waals surface area contributed by atoms with Gasteiger partial charge in [-0.2, -0.15) is 5.26 Å². The van der Waals surface area contributed by atoms with Crippen LogP contribution in [0.3, 0.4) is 0 Å².